The summed E-state index contributed by atoms with van der Waals surface area (Å²) in [5, 5.41) is 8.82. The van der Waals surface area contributed by atoms with E-state index in [0.717, 1.165) is 52.2 Å². The number of nitriles is 1. The van der Waals surface area contributed by atoms with E-state index in [9.17, 15) is 4.79 Å². The fourth-order valence-corrected chi connectivity index (χ4v) is 3.29. The van der Waals surface area contributed by atoms with Crippen LogP contribution in [-0.4, -0.2) is 66.1 Å². The van der Waals surface area contributed by atoms with E-state index in [2.05, 4.69) is 9.88 Å². The molecule has 0 unspecified atom stereocenters. The summed E-state index contributed by atoms with van der Waals surface area (Å²) in [6.07, 6.45) is 4.79. The highest BCUT2D eigenvalue weighted by Gasteiger charge is 2.29. The minimum absolute atomic E-state index is 0.0277. The fourth-order valence-electron chi connectivity index (χ4n) is 3.29. The second-order valence-electron chi connectivity index (χ2n) is 6.11. The fraction of sp³-hybridized carbons (Fsp3) is 0.588. The van der Waals surface area contributed by atoms with Gasteiger partial charge in [-0.15, -0.1) is 0 Å². The van der Waals surface area contributed by atoms with Crippen molar-refractivity contribution in [1.82, 2.24) is 14.8 Å². The van der Waals surface area contributed by atoms with E-state index in [4.69, 9.17) is 10.00 Å². The third-order valence-corrected chi connectivity index (χ3v) is 4.59. The Morgan fingerprint density at radius 2 is 2.13 bits per heavy atom. The van der Waals surface area contributed by atoms with Crippen molar-refractivity contribution in [3.05, 3.63) is 29.6 Å². The van der Waals surface area contributed by atoms with E-state index in [0.29, 0.717) is 11.3 Å². The number of nitrogens with zero attached hydrogens (tertiary/aromatic N) is 4. The van der Waals surface area contributed by atoms with Crippen molar-refractivity contribution in [3.8, 4) is 6.07 Å². The lowest BCUT2D eigenvalue weighted by Gasteiger charge is -2.39. The van der Waals surface area contributed by atoms with Gasteiger partial charge in [-0.3, -0.25) is 9.69 Å². The average Bonchev–Trinajstić information content (AvgIpc) is 2.62. The topological polar surface area (TPSA) is 69.5 Å². The second-order valence-corrected chi connectivity index (χ2v) is 6.11. The molecule has 0 N–H and O–H groups in total. The van der Waals surface area contributed by atoms with Crippen LogP contribution in [0.2, 0.25) is 0 Å². The Labute approximate surface area is 136 Å². The number of hydrogen-bond acceptors (Lipinski definition) is 5. The lowest BCUT2D eigenvalue weighted by atomic mass is 10.00. The van der Waals surface area contributed by atoms with E-state index < -0.39 is 0 Å². The van der Waals surface area contributed by atoms with Gasteiger partial charge >= 0.3 is 0 Å². The van der Waals surface area contributed by atoms with E-state index in [1.54, 1.807) is 12.1 Å². The molecule has 0 aliphatic carbocycles. The van der Waals surface area contributed by atoms with Gasteiger partial charge in [0, 0.05) is 38.4 Å². The summed E-state index contributed by atoms with van der Waals surface area (Å²) in [6.45, 7) is 5.15. The van der Waals surface area contributed by atoms with Crippen LogP contribution in [0.25, 0.3) is 0 Å². The zero-order valence-electron chi connectivity index (χ0n) is 13.3. The molecule has 2 aliphatic heterocycles. The minimum Gasteiger partial charge on any atom is -0.379 e. The van der Waals surface area contributed by atoms with E-state index in [1.807, 2.05) is 11.0 Å². The molecule has 1 atom stereocenters. The zero-order chi connectivity index (χ0) is 16.1. The Hall–Kier alpha value is -1.97. The van der Waals surface area contributed by atoms with Crippen LogP contribution >= 0.6 is 0 Å². The Morgan fingerprint density at radius 3 is 2.83 bits per heavy atom. The monoisotopic (exact) mass is 314 g/mol. The van der Waals surface area contributed by atoms with Crippen LogP contribution in [0, 0.1) is 11.3 Å². The van der Waals surface area contributed by atoms with Crippen LogP contribution in [0.5, 0.6) is 0 Å². The first kappa shape index (κ1) is 15.9. The first-order valence-electron chi connectivity index (χ1n) is 8.25. The van der Waals surface area contributed by atoms with Crippen molar-refractivity contribution in [2.75, 3.05) is 39.4 Å². The van der Waals surface area contributed by atoms with Crippen molar-refractivity contribution < 1.29 is 9.53 Å². The van der Waals surface area contributed by atoms with E-state index >= 15 is 0 Å². The van der Waals surface area contributed by atoms with Crippen molar-refractivity contribution in [2.24, 2.45) is 0 Å². The SMILES string of the molecule is N#Cc1ccc(C(=O)N2CCCC[C@H]2CN2CCOCC2)cn1. The number of pyridine rings is 1. The van der Waals surface area contributed by atoms with Crippen LogP contribution in [0.1, 0.15) is 35.3 Å². The number of piperidine rings is 1. The second kappa shape index (κ2) is 7.53. The molecular weight excluding hydrogens is 292 g/mol. The zero-order valence-corrected chi connectivity index (χ0v) is 13.3. The van der Waals surface area contributed by atoms with Crippen molar-refractivity contribution in [3.63, 3.8) is 0 Å². The number of morpholine rings is 1. The molecule has 2 aliphatic rings. The van der Waals surface area contributed by atoms with Gasteiger partial charge < -0.3 is 9.64 Å². The van der Waals surface area contributed by atoms with Gasteiger partial charge in [0.25, 0.3) is 5.91 Å². The predicted octanol–water partition coefficient (Wildman–Crippen LogP) is 1.28. The lowest BCUT2D eigenvalue weighted by molar-refractivity contribution is 0.0166. The first-order valence-corrected chi connectivity index (χ1v) is 8.25. The average molecular weight is 314 g/mol. The molecule has 3 heterocycles. The number of carbonyl (C=O) groups excluding carboxylic acids is 1. The Bertz CT molecular complexity index is 575. The van der Waals surface area contributed by atoms with Crippen LogP contribution in [0.15, 0.2) is 18.3 Å². The van der Waals surface area contributed by atoms with Gasteiger partial charge in [0.1, 0.15) is 11.8 Å². The molecule has 2 saturated heterocycles. The maximum absolute atomic E-state index is 12.8. The quantitative estimate of drug-likeness (QED) is 0.840. The number of rotatable bonds is 3. The van der Waals surface area contributed by atoms with Gasteiger partial charge in [0.15, 0.2) is 0 Å². The highest BCUT2D eigenvalue weighted by Crippen LogP contribution is 2.21. The molecule has 122 valence electrons. The summed E-state index contributed by atoms with van der Waals surface area (Å²) in [5.74, 6) is 0.0277. The summed E-state index contributed by atoms with van der Waals surface area (Å²) in [7, 11) is 0. The highest BCUT2D eigenvalue weighted by atomic mass is 16.5. The molecule has 0 saturated carbocycles. The molecule has 0 bridgehead atoms. The van der Waals surface area contributed by atoms with Crippen LogP contribution in [0.4, 0.5) is 0 Å². The highest BCUT2D eigenvalue weighted by molar-refractivity contribution is 5.94. The minimum atomic E-state index is 0.0277. The molecule has 3 rings (SSSR count). The number of aromatic nitrogens is 1. The lowest BCUT2D eigenvalue weighted by Crippen LogP contribution is -2.51. The smallest absolute Gasteiger partial charge is 0.255 e. The van der Waals surface area contributed by atoms with Crippen LogP contribution in [-0.2, 0) is 4.74 Å². The van der Waals surface area contributed by atoms with Gasteiger partial charge in [-0.1, -0.05) is 0 Å². The van der Waals surface area contributed by atoms with E-state index in [1.165, 1.54) is 12.6 Å². The standard InChI is InChI=1S/C17H22N4O2/c18-11-15-5-4-14(12-19-15)17(22)21-6-2-1-3-16(21)13-20-7-9-23-10-8-20/h4-5,12,16H,1-3,6-10,13H2/t16-/m0/s1. The summed E-state index contributed by atoms with van der Waals surface area (Å²) in [4.78, 5) is 21.2. The molecule has 1 amide bonds. The molecule has 6 heteroatoms. The Balaban J connectivity index is 1.69. The van der Waals surface area contributed by atoms with Crippen LogP contribution in [0.3, 0.4) is 0 Å². The largest absolute Gasteiger partial charge is 0.379 e. The van der Waals surface area contributed by atoms with E-state index in [-0.39, 0.29) is 11.9 Å². The molecule has 23 heavy (non-hydrogen) atoms. The summed E-state index contributed by atoms with van der Waals surface area (Å²) in [6, 6.07) is 5.54. The van der Waals surface area contributed by atoms with Gasteiger partial charge in [-0.2, -0.15) is 5.26 Å². The van der Waals surface area contributed by atoms with Gasteiger partial charge in [-0.05, 0) is 31.4 Å². The third-order valence-electron chi connectivity index (χ3n) is 4.59. The van der Waals surface area contributed by atoms with Gasteiger partial charge in [0.05, 0.1) is 18.8 Å². The number of amides is 1. The molecule has 0 radical (unpaired) electrons. The molecular formula is C17H22N4O2. The first-order chi connectivity index (χ1) is 11.3. The summed E-state index contributed by atoms with van der Waals surface area (Å²) < 4.78 is 5.40. The normalized spacial score (nSPS) is 22.6. The van der Waals surface area contributed by atoms with Crippen molar-refractivity contribution >= 4 is 5.91 Å². The van der Waals surface area contributed by atoms with Gasteiger partial charge in [-0.25, -0.2) is 4.98 Å². The summed E-state index contributed by atoms with van der Waals surface area (Å²) >= 11 is 0. The Kier molecular flexibility index (Phi) is 5.21. The number of likely N-dealkylation sites (tertiary alicyclic amines) is 1. The number of carbonyl (C=O) groups is 1. The molecule has 2 fully saturated rings. The Morgan fingerprint density at radius 1 is 1.30 bits per heavy atom. The number of ether oxygens (including phenoxy) is 1. The third kappa shape index (κ3) is 3.87. The van der Waals surface area contributed by atoms with Crippen LogP contribution < -0.4 is 0 Å². The molecule has 1 aromatic rings. The molecule has 6 nitrogen and oxygen atoms in total. The molecule has 0 spiro atoms. The van der Waals surface area contributed by atoms with Crippen molar-refractivity contribution in [2.45, 2.75) is 25.3 Å². The molecule has 0 aromatic carbocycles. The van der Waals surface area contributed by atoms with Crippen molar-refractivity contribution in [1.29, 1.82) is 5.26 Å². The molecule has 1 aromatic heterocycles. The predicted molar refractivity (Wildman–Crippen MR) is 84.9 cm³/mol. The maximum atomic E-state index is 12.8. The maximum Gasteiger partial charge on any atom is 0.255 e. The van der Waals surface area contributed by atoms with Gasteiger partial charge in [0.2, 0.25) is 0 Å². The summed E-state index contributed by atoms with van der Waals surface area (Å²) in [5.41, 5.74) is 0.905. The number of hydrogen-bond donors (Lipinski definition) is 0.